The van der Waals surface area contributed by atoms with Crippen LogP contribution < -0.4 is 16.8 Å². The lowest BCUT2D eigenvalue weighted by atomic mass is 10.1. The van der Waals surface area contributed by atoms with E-state index in [2.05, 4.69) is 35.6 Å². The predicted molar refractivity (Wildman–Crippen MR) is 182 cm³/mol. The molecule has 0 aliphatic heterocycles. The predicted octanol–water partition coefficient (Wildman–Crippen LogP) is 0.157. The van der Waals surface area contributed by atoms with Gasteiger partial charge in [0.2, 0.25) is 6.61 Å². The molecule has 0 bridgehead atoms. The van der Waals surface area contributed by atoms with E-state index in [0.29, 0.717) is 33.6 Å². The number of carboxylic acid groups (broad SMARTS) is 1. The van der Waals surface area contributed by atoms with E-state index >= 15 is 0 Å². The Morgan fingerprint density at radius 1 is 0.722 bits per heavy atom. The van der Waals surface area contributed by atoms with Crippen LogP contribution in [0.1, 0.15) is 61.8 Å². The number of nitrogens with two attached hydrogens (primary N) is 2. The number of carbonyl (C=O) groups excluding carboxylic acids is 4. The van der Waals surface area contributed by atoms with Crippen LogP contribution in [0.5, 0.6) is 0 Å². The van der Waals surface area contributed by atoms with Crippen molar-refractivity contribution in [1.82, 2.24) is 25.3 Å². The Kier molecular flexibility index (Phi) is 11.2. The minimum atomic E-state index is -1.18. The van der Waals surface area contributed by atoms with Gasteiger partial charge in [0.15, 0.2) is 29.4 Å². The topological polar surface area (TPSA) is 321 Å². The highest BCUT2D eigenvalue weighted by molar-refractivity contribution is 6.23. The summed E-state index contributed by atoms with van der Waals surface area (Å²) in [6.45, 7) is 0.493. The molecule has 6 rings (SSSR count). The number of amides is 3. The molecule has 2 aliphatic carbocycles. The van der Waals surface area contributed by atoms with Gasteiger partial charge >= 0.3 is 11.9 Å². The molecule has 3 amide bonds. The summed E-state index contributed by atoms with van der Waals surface area (Å²) in [5.41, 5.74) is 13.6. The second-order valence-electron chi connectivity index (χ2n) is 10.7. The molecule has 0 spiro atoms. The summed E-state index contributed by atoms with van der Waals surface area (Å²) in [4.78, 5) is 83.2. The molecular formula is C34H25N11O9. The van der Waals surface area contributed by atoms with E-state index in [1.54, 1.807) is 67.6 Å². The minimum absolute atomic E-state index is 0.209. The number of fused-ring (bicyclic) bond motifs is 6. The Morgan fingerprint density at radius 2 is 1.17 bits per heavy atom. The van der Waals surface area contributed by atoms with Crippen molar-refractivity contribution in [2.75, 3.05) is 26.4 Å². The number of nitrogens with zero attached hydrogens (tertiary/aromatic N) is 8. The van der Waals surface area contributed by atoms with Crippen molar-refractivity contribution in [3.8, 4) is 34.7 Å². The molecular weight excluding hydrogens is 706 g/mol. The number of primary amides is 2. The van der Waals surface area contributed by atoms with E-state index in [1.165, 1.54) is 0 Å². The van der Waals surface area contributed by atoms with Gasteiger partial charge in [0.1, 0.15) is 52.9 Å². The molecule has 2 aliphatic rings. The van der Waals surface area contributed by atoms with E-state index < -0.39 is 42.9 Å². The molecule has 0 radical (unpaired) electrons. The number of benzene rings is 2. The van der Waals surface area contributed by atoms with Gasteiger partial charge in [-0.15, -0.1) is 0 Å². The van der Waals surface area contributed by atoms with Crippen molar-refractivity contribution in [2.45, 2.75) is 6.92 Å². The van der Waals surface area contributed by atoms with E-state index in [9.17, 15) is 29.2 Å². The van der Waals surface area contributed by atoms with Crippen molar-refractivity contribution in [3.05, 3.63) is 93.8 Å². The monoisotopic (exact) mass is 731 g/mol. The van der Waals surface area contributed by atoms with Gasteiger partial charge in [-0.3, -0.25) is 19.2 Å². The van der Waals surface area contributed by atoms with E-state index in [-0.39, 0.29) is 58.7 Å². The minimum Gasteiger partial charge on any atom is -0.479 e. The zero-order valence-corrected chi connectivity index (χ0v) is 27.9. The van der Waals surface area contributed by atoms with E-state index in [1.807, 2.05) is 0 Å². The third kappa shape index (κ3) is 7.77. The number of ether oxygens (including phenoxy) is 1. The number of nitrogens with one attached hydrogen (secondary N) is 1. The smallest absolute Gasteiger partial charge is 0.344 e. The Hall–Kier alpha value is -8.13. The van der Waals surface area contributed by atoms with E-state index in [0.717, 1.165) is 0 Å². The Morgan fingerprint density at radius 3 is 1.57 bits per heavy atom. The van der Waals surface area contributed by atoms with Crippen LogP contribution in [-0.2, 0) is 28.8 Å². The maximum Gasteiger partial charge on any atom is 0.344 e. The highest BCUT2D eigenvalue weighted by atomic mass is 16.6. The lowest BCUT2D eigenvalue weighted by Gasteiger charge is -2.05. The number of hydrogen-bond acceptors (Lipinski definition) is 16. The summed E-state index contributed by atoms with van der Waals surface area (Å²) in [6, 6.07) is 17.5. The number of rotatable bonds is 11. The number of oxime groups is 2. The summed E-state index contributed by atoms with van der Waals surface area (Å²) in [6.07, 6.45) is 0. The van der Waals surface area contributed by atoms with Crippen LogP contribution in [0.15, 0.2) is 58.8 Å². The van der Waals surface area contributed by atoms with Crippen molar-refractivity contribution in [1.29, 1.82) is 10.5 Å². The third-order valence-corrected chi connectivity index (χ3v) is 7.22. The molecule has 4 aromatic rings. The first-order valence-electron chi connectivity index (χ1n) is 15.5. The molecule has 2 aromatic carbocycles. The largest absolute Gasteiger partial charge is 0.479 e. The summed E-state index contributed by atoms with van der Waals surface area (Å²) in [5.74, 6) is -4.07. The first-order chi connectivity index (χ1) is 26.0. The summed E-state index contributed by atoms with van der Waals surface area (Å²) < 4.78 is 4.71. The molecule has 6 N–H and O–H groups in total. The van der Waals surface area contributed by atoms with Gasteiger partial charge in [-0.25, -0.2) is 24.7 Å². The summed E-state index contributed by atoms with van der Waals surface area (Å²) in [5, 5.41) is 37.2. The van der Waals surface area contributed by atoms with Crippen molar-refractivity contribution in [3.63, 3.8) is 0 Å². The zero-order chi connectivity index (χ0) is 38.9. The van der Waals surface area contributed by atoms with Crippen LogP contribution in [0, 0.1) is 22.7 Å². The first kappa shape index (κ1) is 37.1. The molecule has 2 aromatic heterocycles. The van der Waals surface area contributed by atoms with Crippen molar-refractivity contribution < 1.29 is 43.5 Å². The molecule has 2 heterocycles. The molecule has 0 unspecified atom stereocenters. The second kappa shape index (κ2) is 16.3. The van der Waals surface area contributed by atoms with Crippen LogP contribution in [-0.4, -0.2) is 92.5 Å². The Labute approximate surface area is 303 Å². The molecule has 0 atom stereocenters. The van der Waals surface area contributed by atoms with Gasteiger partial charge in [-0.05, 0) is 6.92 Å². The number of aromatic nitrogens is 4. The summed E-state index contributed by atoms with van der Waals surface area (Å²) in [7, 11) is 0. The fourth-order valence-electron chi connectivity index (χ4n) is 5.05. The standard InChI is InChI=1S/C19H16N6O5.C15H9N5O4/c1-2-29-14(27)8-22-13(26)9-30-25-16-11-6-4-3-5-10(11)15-18(16)23-12(7-20)17(24-15)19(21)28;16-5-9-13(15(17)23)19-11-7-3-1-2-4-8(7)12(14(11)18-9)20-24-6-10(21)22/h3-6H,2,8-9H2,1H3,(H2,21,28)(H,22,26);1-4H,6H2,(H2,17,23)(H,21,22). The quantitative estimate of drug-likeness (QED) is 0.102. The van der Waals surface area contributed by atoms with Gasteiger partial charge in [-0.2, -0.15) is 10.5 Å². The highest BCUT2D eigenvalue weighted by Crippen LogP contribution is 2.36. The number of hydrogen-bond donors (Lipinski definition) is 4. The van der Waals surface area contributed by atoms with Crippen LogP contribution >= 0.6 is 0 Å². The van der Waals surface area contributed by atoms with Gasteiger partial charge < -0.3 is 36.3 Å². The Balaban J connectivity index is 0.000000213. The van der Waals surface area contributed by atoms with Crippen molar-refractivity contribution >= 4 is 41.1 Å². The highest BCUT2D eigenvalue weighted by Gasteiger charge is 2.32. The normalized spacial score (nSPS) is 12.7. The number of esters is 1. The first-order valence-corrected chi connectivity index (χ1v) is 15.5. The third-order valence-electron chi connectivity index (χ3n) is 7.22. The van der Waals surface area contributed by atoms with E-state index in [4.69, 9.17) is 36.2 Å². The second-order valence-corrected chi connectivity index (χ2v) is 10.7. The molecule has 20 heteroatoms. The van der Waals surface area contributed by atoms with Crippen LogP contribution in [0.4, 0.5) is 0 Å². The van der Waals surface area contributed by atoms with Crippen molar-refractivity contribution in [2.24, 2.45) is 21.8 Å². The zero-order valence-electron chi connectivity index (χ0n) is 27.9. The number of nitriles is 2. The average molecular weight is 732 g/mol. The maximum absolute atomic E-state index is 11.8. The fraction of sp³-hybridized carbons (Fsp3) is 0.147. The van der Waals surface area contributed by atoms with Gasteiger partial charge in [-0.1, -0.05) is 58.8 Å². The number of aliphatic carboxylic acids is 1. The van der Waals surface area contributed by atoms with Gasteiger partial charge in [0.25, 0.3) is 17.7 Å². The fourth-order valence-corrected chi connectivity index (χ4v) is 5.05. The summed E-state index contributed by atoms with van der Waals surface area (Å²) >= 11 is 0. The number of carbonyl (C=O) groups is 5. The Bertz CT molecular complexity index is 2380. The van der Waals surface area contributed by atoms with Gasteiger partial charge in [0, 0.05) is 22.3 Å². The molecule has 0 saturated heterocycles. The molecule has 0 saturated carbocycles. The molecule has 0 fully saturated rings. The van der Waals surface area contributed by atoms with Gasteiger partial charge in [0.05, 0.1) is 6.61 Å². The number of carboxylic acids is 1. The average Bonchev–Trinajstić information content (AvgIpc) is 3.64. The van der Waals surface area contributed by atoms with Crippen LogP contribution in [0.25, 0.3) is 22.5 Å². The molecule has 54 heavy (non-hydrogen) atoms. The van der Waals surface area contributed by atoms with Crippen LogP contribution in [0.2, 0.25) is 0 Å². The maximum atomic E-state index is 11.8. The van der Waals surface area contributed by atoms with Crippen LogP contribution in [0.3, 0.4) is 0 Å². The lowest BCUT2D eigenvalue weighted by Crippen LogP contribution is -2.33. The molecule has 20 nitrogen and oxygen atoms in total. The SMILES string of the molecule is CCOC(=O)CNC(=O)CON=C1c2ccccc2-c2nc(C(N)=O)c(C#N)nc21.N#Cc1nc2c(nc1C(N)=O)-c1ccccc1C2=NOCC(=O)O. The lowest BCUT2D eigenvalue weighted by molar-refractivity contribution is -0.144. The molecule has 270 valence electrons.